The van der Waals surface area contributed by atoms with E-state index >= 15 is 0 Å². The van der Waals surface area contributed by atoms with E-state index in [-0.39, 0.29) is 30.9 Å². The Bertz CT molecular complexity index is 703. The molecule has 2 N–H and O–H groups in total. The predicted molar refractivity (Wildman–Crippen MR) is 96.1 cm³/mol. The molecule has 1 atom stereocenters. The Balaban J connectivity index is 1.74. The van der Waals surface area contributed by atoms with E-state index in [0.29, 0.717) is 17.3 Å². The molecule has 25 heavy (non-hydrogen) atoms. The summed E-state index contributed by atoms with van der Waals surface area (Å²) in [5.74, 6) is 0.246. The summed E-state index contributed by atoms with van der Waals surface area (Å²) in [5, 5.41) is 6.48. The fourth-order valence-corrected chi connectivity index (χ4v) is 2.57. The summed E-state index contributed by atoms with van der Waals surface area (Å²) < 4.78 is 5.14. The van der Waals surface area contributed by atoms with Gasteiger partial charge in [-0.05, 0) is 30.7 Å². The standard InChI is InChI=1S/C18H22ClN3O3/c1-13(15-7-3-4-8-16(15)19)20-11-18(24)22(2)12-17(23)21-10-14-6-5-9-25-14/h3-9,13,20H,10-12H2,1-2H3,(H,21,23)/t13-/m1/s1. The molecule has 0 saturated heterocycles. The highest BCUT2D eigenvalue weighted by Gasteiger charge is 2.15. The summed E-state index contributed by atoms with van der Waals surface area (Å²) in [7, 11) is 1.59. The molecule has 0 radical (unpaired) electrons. The van der Waals surface area contributed by atoms with Crippen molar-refractivity contribution in [2.45, 2.75) is 19.5 Å². The molecule has 0 aliphatic carbocycles. The third kappa shape index (κ3) is 5.92. The minimum Gasteiger partial charge on any atom is -0.467 e. The van der Waals surface area contributed by atoms with E-state index in [1.807, 2.05) is 31.2 Å². The third-order valence-electron chi connectivity index (χ3n) is 3.78. The van der Waals surface area contributed by atoms with Gasteiger partial charge in [-0.25, -0.2) is 0 Å². The zero-order chi connectivity index (χ0) is 18.2. The summed E-state index contributed by atoms with van der Waals surface area (Å²) in [6.07, 6.45) is 1.54. The second-order valence-corrected chi connectivity index (χ2v) is 6.14. The van der Waals surface area contributed by atoms with Gasteiger partial charge in [0, 0.05) is 18.1 Å². The van der Waals surface area contributed by atoms with Gasteiger partial charge in [0.05, 0.1) is 25.9 Å². The number of nitrogens with one attached hydrogen (secondary N) is 2. The number of furan rings is 1. The van der Waals surface area contributed by atoms with Gasteiger partial charge in [-0.1, -0.05) is 29.8 Å². The van der Waals surface area contributed by atoms with Crippen LogP contribution >= 0.6 is 11.6 Å². The molecule has 134 valence electrons. The number of rotatable bonds is 8. The largest absolute Gasteiger partial charge is 0.467 e. The molecule has 2 aromatic rings. The van der Waals surface area contributed by atoms with Crippen LogP contribution in [0.4, 0.5) is 0 Å². The van der Waals surface area contributed by atoms with Crippen molar-refractivity contribution in [1.29, 1.82) is 0 Å². The molecule has 7 heteroatoms. The van der Waals surface area contributed by atoms with E-state index in [1.54, 1.807) is 25.4 Å². The fraction of sp³-hybridized carbons (Fsp3) is 0.333. The maximum atomic E-state index is 12.2. The van der Waals surface area contributed by atoms with Crippen LogP contribution in [0.15, 0.2) is 47.1 Å². The molecule has 0 fully saturated rings. The minimum absolute atomic E-state index is 0.0122. The van der Waals surface area contributed by atoms with E-state index in [4.69, 9.17) is 16.0 Å². The van der Waals surface area contributed by atoms with Crippen molar-refractivity contribution >= 4 is 23.4 Å². The zero-order valence-corrected chi connectivity index (χ0v) is 15.0. The van der Waals surface area contributed by atoms with Gasteiger partial charge in [-0.15, -0.1) is 0 Å². The van der Waals surface area contributed by atoms with Crippen molar-refractivity contribution in [2.75, 3.05) is 20.1 Å². The van der Waals surface area contributed by atoms with Crippen LogP contribution in [0, 0.1) is 0 Å². The molecule has 0 spiro atoms. The van der Waals surface area contributed by atoms with Crippen LogP contribution in [0.2, 0.25) is 5.02 Å². The zero-order valence-electron chi connectivity index (χ0n) is 14.3. The molecular weight excluding hydrogens is 342 g/mol. The molecule has 1 heterocycles. The summed E-state index contributed by atoms with van der Waals surface area (Å²) >= 11 is 6.15. The number of likely N-dealkylation sites (N-methyl/N-ethyl adjacent to an activating group) is 1. The smallest absolute Gasteiger partial charge is 0.239 e. The number of hydrogen-bond donors (Lipinski definition) is 2. The predicted octanol–water partition coefficient (Wildman–Crippen LogP) is 2.36. The Labute approximate surface area is 152 Å². The first-order chi connectivity index (χ1) is 12.0. The number of amides is 2. The average Bonchev–Trinajstić information content (AvgIpc) is 3.11. The number of hydrogen-bond acceptors (Lipinski definition) is 4. The number of nitrogens with zero attached hydrogens (tertiary/aromatic N) is 1. The van der Waals surface area contributed by atoms with Crippen LogP contribution in [0.3, 0.4) is 0 Å². The van der Waals surface area contributed by atoms with Crippen LogP contribution < -0.4 is 10.6 Å². The molecule has 6 nitrogen and oxygen atoms in total. The van der Waals surface area contributed by atoms with Crippen LogP contribution in [0.25, 0.3) is 0 Å². The maximum absolute atomic E-state index is 12.2. The first kappa shape index (κ1) is 19.0. The lowest BCUT2D eigenvalue weighted by Gasteiger charge is -2.20. The lowest BCUT2D eigenvalue weighted by molar-refractivity contribution is -0.134. The van der Waals surface area contributed by atoms with Gasteiger partial charge >= 0.3 is 0 Å². The summed E-state index contributed by atoms with van der Waals surface area (Å²) in [6, 6.07) is 10.9. The Morgan fingerprint density at radius 1 is 1.24 bits per heavy atom. The van der Waals surface area contributed by atoms with Gasteiger partial charge in [0.25, 0.3) is 0 Å². The first-order valence-corrected chi connectivity index (χ1v) is 8.36. The second-order valence-electron chi connectivity index (χ2n) is 5.73. The van der Waals surface area contributed by atoms with E-state index in [9.17, 15) is 9.59 Å². The van der Waals surface area contributed by atoms with E-state index in [2.05, 4.69) is 10.6 Å². The number of benzene rings is 1. The van der Waals surface area contributed by atoms with Crippen LogP contribution in [0.5, 0.6) is 0 Å². The maximum Gasteiger partial charge on any atom is 0.239 e. The molecule has 2 rings (SSSR count). The highest BCUT2D eigenvalue weighted by molar-refractivity contribution is 6.31. The van der Waals surface area contributed by atoms with Crippen molar-refractivity contribution in [3.8, 4) is 0 Å². The molecule has 2 amide bonds. The van der Waals surface area contributed by atoms with Crippen molar-refractivity contribution in [3.63, 3.8) is 0 Å². The third-order valence-corrected chi connectivity index (χ3v) is 4.12. The normalized spacial score (nSPS) is 11.8. The molecule has 0 saturated carbocycles. The molecule has 1 aromatic carbocycles. The molecule has 1 aromatic heterocycles. The van der Waals surface area contributed by atoms with Gasteiger partial charge in [-0.2, -0.15) is 0 Å². The summed E-state index contributed by atoms with van der Waals surface area (Å²) in [5.41, 5.74) is 0.927. The van der Waals surface area contributed by atoms with Crippen molar-refractivity contribution in [3.05, 3.63) is 59.0 Å². The van der Waals surface area contributed by atoms with Crippen LogP contribution in [0.1, 0.15) is 24.3 Å². The Hall–Kier alpha value is -2.31. The monoisotopic (exact) mass is 363 g/mol. The van der Waals surface area contributed by atoms with E-state index < -0.39 is 0 Å². The summed E-state index contributed by atoms with van der Waals surface area (Å²) in [4.78, 5) is 25.4. The second kappa shape index (κ2) is 9.25. The highest BCUT2D eigenvalue weighted by Crippen LogP contribution is 2.21. The SMILES string of the molecule is C[C@@H](NCC(=O)N(C)CC(=O)NCc1ccco1)c1ccccc1Cl. The van der Waals surface area contributed by atoms with Crippen LogP contribution in [-0.4, -0.2) is 36.9 Å². The molecular formula is C18H22ClN3O3. The van der Waals surface area contributed by atoms with Crippen molar-refractivity contribution in [2.24, 2.45) is 0 Å². The number of halogens is 1. The van der Waals surface area contributed by atoms with Gasteiger partial charge in [0.1, 0.15) is 5.76 Å². The quantitative estimate of drug-likeness (QED) is 0.755. The minimum atomic E-state index is -0.244. The van der Waals surface area contributed by atoms with Crippen molar-refractivity contribution < 1.29 is 14.0 Å². The van der Waals surface area contributed by atoms with Crippen molar-refractivity contribution in [1.82, 2.24) is 15.5 Å². The number of carbonyl (C=O) groups is 2. The van der Waals surface area contributed by atoms with Gasteiger partial charge < -0.3 is 20.0 Å². The van der Waals surface area contributed by atoms with Crippen LogP contribution in [-0.2, 0) is 16.1 Å². The highest BCUT2D eigenvalue weighted by atomic mass is 35.5. The Morgan fingerprint density at radius 3 is 2.68 bits per heavy atom. The van der Waals surface area contributed by atoms with Gasteiger partial charge in [0.15, 0.2) is 0 Å². The Morgan fingerprint density at radius 2 is 2.00 bits per heavy atom. The Kier molecular flexibility index (Phi) is 7.03. The fourth-order valence-electron chi connectivity index (χ4n) is 2.27. The number of carbonyl (C=O) groups excluding carboxylic acids is 2. The first-order valence-electron chi connectivity index (χ1n) is 7.98. The lowest BCUT2D eigenvalue weighted by Crippen LogP contribution is -2.42. The van der Waals surface area contributed by atoms with E-state index in [0.717, 1.165) is 5.56 Å². The lowest BCUT2D eigenvalue weighted by atomic mass is 10.1. The molecule has 0 bridgehead atoms. The van der Waals surface area contributed by atoms with E-state index in [1.165, 1.54) is 4.90 Å². The van der Waals surface area contributed by atoms with Gasteiger partial charge in [0.2, 0.25) is 11.8 Å². The molecule has 0 aliphatic rings. The summed E-state index contributed by atoms with van der Waals surface area (Å²) in [6.45, 7) is 2.34. The molecule has 0 unspecified atom stereocenters. The topological polar surface area (TPSA) is 74.6 Å². The molecule has 0 aliphatic heterocycles. The van der Waals surface area contributed by atoms with Gasteiger partial charge in [-0.3, -0.25) is 9.59 Å². The average molecular weight is 364 g/mol.